The molecule has 1 aliphatic rings. The van der Waals surface area contributed by atoms with Crippen molar-refractivity contribution in [2.24, 2.45) is 0 Å². The van der Waals surface area contributed by atoms with E-state index in [0.717, 1.165) is 0 Å². The molecule has 0 aliphatic carbocycles. The van der Waals surface area contributed by atoms with Crippen LogP contribution in [0.15, 0.2) is 24.3 Å². The molecule has 0 spiro atoms. The van der Waals surface area contributed by atoms with Gasteiger partial charge in [0.05, 0.1) is 6.61 Å². The van der Waals surface area contributed by atoms with Gasteiger partial charge in [0.1, 0.15) is 30.2 Å². The topological polar surface area (TPSA) is 99.4 Å². The van der Waals surface area contributed by atoms with Crippen LogP contribution in [-0.2, 0) is 4.74 Å². The zero-order chi connectivity index (χ0) is 14.0. The maximum atomic E-state index is 9.77. The van der Waals surface area contributed by atoms with Gasteiger partial charge in [-0.2, -0.15) is 0 Å². The molecule has 0 amide bonds. The maximum absolute atomic E-state index is 9.77. The lowest BCUT2D eigenvalue weighted by Crippen LogP contribution is -2.60. The Bertz CT molecular complexity index is 409. The van der Waals surface area contributed by atoms with E-state index in [1.54, 1.807) is 24.3 Å². The second kappa shape index (κ2) is 6.04. The second-order valence-electron chi connectivity index (χ2n) is 4.27. The van der Waals surface area contributed by atoms with Crippen molar-refractivity contribution in [3.63, 3.8) is 0 Å². The SMILES string of the molecule is OC[C@@H]1O[C@@H](Oc2ccc(Cl)cc2)[C@@H](O)[C@@H](O)[C@@H]1O. The van der Waals surface area contributed by atoms with Gasteiger partial charge in [0.25, 0.3) is 0 Å². The molecule has 106 valence electrons. The monoisotopic (exact) mass is 290 g/mol. The Kier molecular flexibility index (Phi) is 4.62. The largest absolute Gasteiger partial charge is 0.462 e. The van der Waals surface area contributed by atoms with Gasteiger partial charge in [-0.1, -0.05) is 11.6 Å². The van der Waals surface area contributed by atoms with Gasteiger partial charge in [-0.3, -0.25) is 0 Å². The fraction of sp³-hybridized carbons (Fsp3) is 0.500. The molecule has 1 heterocycles. The van der Waals surface area contributed by atoms with Gasteiger partial charge in [0.15, 0.2) is 0 Å². The Hall–Kier alpha value is -0.890. The van der Waals surface area contributed by atoms with Gasteiger partial charge in [-0.25, -0.2) is 0 Å². The molecule has 19 heavy (non-hydrogen) atoms. The number of benzene rings is 1. The molecule has 0 saturated carbocycles. The van der Waals surface area contributed by atoms with Crippen LogP contribution in [0.2, 0.25) is 5.02 Å². The number of rotatable bonds is 3. The number of aliphatic hydroxyl groups excluding tert-OH is 4. The van der Waals surface area contributed by atoms with Gasteiger partial charge in [-0.05, 0) is 24.3 Å². The molecule has 1 aromatic rings. The van der Waals surface area contributed by atoms with Gasteiger partial charge < -0.3 is 29.9 Å². The number of halogens is 1. The van der Waals surface area contributed by atoms with Gasteiger partial charge in [-0.15, -0.1) is 0 Å². The summed E-state index contributed by atoms with van der Waals surface area (Å²) < 4.78 is 10.6. The van der Waals surface area contributed by atoms with Crippen LogP contribution in [0.25, 0.3) is 0 Å². The highest BCUT2D eigenvalue weighted by Gasteiger charge is 2.44. The first-order chi connectivity index (χ1) is 9.02. The molecule has 0 bridgehead atoms. The summed E-state index contributed by atoms with van der Waals surface area (Å²) in [5.41, 5.74) is 0. The third-order valence-electron chi connectivity index (χ3n) is 2.91. The number of aliphatic hydroxyl groups is 4. The Morgan fingerprint density at radius 3 is 2.26 bits per heavy atom. The predicted molar refractivity (Wildman–Crippen MR) is 65.8 cm³/mol. The molecule has 1 fully saturated rings. The molecule has 0 aromatic heterocycles. The van der Waals surface area contributed by atoms with E-state index in [4.69, 9.17) is 26.2 Å². The first-order valence-electron chi connectivity index (χ1n) is 5.75. The van der Waals surface area contributed by atoms with Crippen LogP contribution in [0.3, 0.4) is 0 Å². The lowest BCUT2D eigenvalue weighted by atomic mass is 9.99. The molecule has 5 atom stereocenters. The quantitative estimate of drug-likeness (QED) is 0.600. The van der Waals surface area contributed by atoms with Crippen molar-refractivity contribution in [2.75, 3.05) is 6.61 Å². The van der Waals surface area contributed by atoms with Crippen molar-refractivity contribution >= 4 is 11.6 Å². The van der Waals surface area contributed by atoms with E-state index in [9.17, 15) is 15.3 Å². The van der Waals surface area contributed by atoms with Gasteiger partial charge in [0.2, 0.25) is 6.29 Å². The van der Waals surface area contributed by atoms with Crippen LogP contribution in [0, 0.1) is 0 Å². The first-order valence-corrected chi connectivity index (χ1v) is 6.13. The predicted octanol–water partition coefficient (Wildman–Crippen LogP) is -0.481. The van der Waals surface area contributed by atoms with Crippen molar-refractivity contribution < 1.29 is 29.9 Å². The molecule has 1 saturated heterocycles. The van der Waals surface area contributed by atoms with Crippen molar-refractivity contribution in [2.45, 2.75) is 30.7 Å². The average Bonchev–Trinajstić information content (AvgIpc) is 2.42. The van der Waals surface area contributed by atoms with Gasteiger partial charge >= 0.3 is 0 Å². The van der Waals surface area contributed by atoms with E-state index in [1.165, 1.54) is 0 Å². The number of hydrogen-bond donors (Lipinski definition) is 4. The van der Waals surface area contributed by atoms with E-state index in [1.807, 2.05) is 0 Å². The highest BCUT2D eigenvalue weighted by Crippen LogP contribution is 2.24. The van der Waals surface area contributed by atoms with Crippen LogP contribution in [0.5, 0.6) is 5.75 Å². The minimum atomic E-state index is -1.46. The minimum Gasteiger partial charge on any atom is -0.462 e. The van der Waals surface area contributed by atoms with Crippen molar-refractivity contribution in [1.29, 1.82) is 0 Å². The van der Waals surface area contributed by atoms with E-state index in [-0.39, 0.29) is 0 Å². The zero-order valence-corrected chi connectivity index (χ0v) is 10.6. The second-order valence-corrected chi connectivity index (χ2v) is 4.71. The number of hydrogen-bond acceptors (Lipinski definition) is 6. The summed E-state index contributed by atoms with van der Waals surface area (Å²) in [6.45, 7) is -0.495. The Morgan fingerprint density at radius 2 is 1.68 bits per heavy atom. The van der Waals surface area contributed by atoms with Crippen molar-refractivity contribution in [3.05, 3.63) is 29.3 Å². The summed E-state index contributed by atoms with van der Waals surface area (Å²) in [7, 11) is 0. The van der Waals surface area contributed by atoms with Crippen LogP contribution in [-0.4, -0.2) is 57.7 Å². The third kappa shape index (κ3) is 3.17. The Balaban J connectivity index is 2.08. The summed E-state index contributed by atoms with van der Waals surface area (Å²) in [5.74, 6) is 0.383. The normalized spacial score (nSPS) is 35.1. The third-order valence-corrected chi connectivity index (χ3v) is 3.17. The molecule has 4 N–H and O–H groups in total. The van der Waals surface area contributed by atoms with E-state index < -0.39 is 37.3 Å². The van der Waals surface area contributed by atoms with Crippen molar-refractivity contribution in [1.82, 2.24) is 0 Å². The lowest BCUT2D eigenvalue weighted by Gasteiger charge is -2.39. The smallest absolute Gasteiger partial charge is 0.229 e. The van der Waals surface area contributed by atoms with Crippen LogP contribution < -0.4 is 4.74 Å². The first kappa shape index (κ1) is 14.5. The summed E-state index contributed by atoms with van der Waals surface area (Å²) in [6, 6.07) is 6.34. The van der Waals surface area contributed by atoms with Crippen molar-refractivity contribution in [3.8, 4) is 5.75 Å². The fourth-order valence-electron chi connectivity index (χ4n) is 1.81. The van der Waals surface area contributed by atoms with E-state index in [2.05, 4.69) is 0 Å². The standard InChI is InChI=1S/C12H15ClO6/c13-6-1-3-7(4-2-6)18-12-11(17)10(16)9(15)8(5-14)19-12/h1-4,8-12,14-17H,5H2/t8-,9+,10-,11-,12+/m0/s1. The highest BCUT2D eigenvalue weighted by atomic mass is 35.5. The van der Waals surface area contributed by atoms with Crippen LogP contribution in [0.1, 0.15) is 0 Å². The minimum absolute atomic E-state index is 0.383. The summed E-state index contributed by atoms with van der Waals surface area (Å²) in [4.78, 5) is 0. The highest BCUT2D eigenvalue weighted by molar-refractivity contribution is 6.30. The number of ether oxygens (including phenoxy) is 2. The lowest BCUT2D eigenvalue weighted by molar-refractivity contribution is -0.277. The zero-order valence-electron chi connectivity index (χ0n) is 9.89. The molecule has 0 radical (unpaired) electrons. The summed E-state index contributed by atoms with van der Waals surface area (Å²) >= 11 is 5.73. The average molecular weight is 291 g/mol. The van der Waals surface area contributed by atoms with E-state index >= 15 is 0 Å². The molecular weight excluding hydrogens is 276 g/mol. The maximum Gasteiger partial charge on any atom is 0.229 e. The van der Waals surface area contributed by atoms with Gasteiger partial charge in [0, 0.05) is 5.02 Å². The molecule has 7 heteroatoms. The van der Waals surface area contributed by atoms with Crippen LogP contribution >= 0.6 is 11.6 Å². The van der Waals surface area contributed by atoms with E-state index in [0.29, 0.717) is 10.8 Å². The molecule has 1 aromatic carbocycles. The fourth-order valence-corrected chi connectivity index (χ4v) is 1.94. The summed E-state index contributed by atoms with van der Waals surface area (Å²) in [5, 5.41) is 38.5. The summed E-state index contributed by atoms with van der Waals surface area (Å²) in [6.07, 6.45) is -6.45. The molecule has 0 unspecified atom stereocenters. The Morgan fingerprint density at radius 1 is 1.05 bits per heavy atom. The molecule has 2 rings (SSSR count). The Labute approximate surface area is 114 Å². The van der Waals surface area contributed by atoms with Crippen LogP contribution in [0.4, 0.5) is 0 Å². The molecule has 1 aliphatic heterocycles. The molecule has 6 nitrogen and oxygen atoms in total. The molecular formula is C12H15ClO6.